The summed E-state index contributed by atoms with van der Waals surface area (Å²) < 4.78 is 37.5. The van der Waals surface area contributed by atoms with Gasteiger partial charge in [-0.05, 0) is 30.2 Å². The van der Waals surface area contributed by atoms with E-state index < -0.39 is 17.8 Å². The van der Waals surface area contributed by atoms with Gasteiger partial charge in [0.2, 0.25) is 0 Å². The van der Waals surface area contributed by atoms with Crippen LogP contribution in [0.1, 0.15) is 28.4 Å². The van der Waals surface area contributed by atoms with Gasteiger partial charge in [0, 0.05) is 6.20 Å². The van der Waals surface area contributed by atoms with Crippen molar-refractivity contribution < 1.29 is 13.2 Å². The number of halogens is 3. The van der Waals surface area contributed by atoms with Crippen molar-refractivity contribution in [2.24, 2.45) is 5.84 Å². The first-order valence-electron chi connectivity index (χ1n) is 5.98. The molecule has 2 aromatic rings. The molecule has 0 amide bonds. The first-order chi connectivity index (χ1) is 9.43. The number of nitrogens with one attached hydrogen (secondary N) is 1. The third-order valence-electron chi connectivity index (χ3n) is 3.08. The minimum Gasteiger partial charge on any atom is -0.271 e. The number of nitrogens with two attached hydrogens (primary N) is 1. The van der Waals surface area contributed by atoms with E-state index in [4.69, 9.17) is 5.84 Å². The monoisotopic (exact) mass is 281 g/mol. The van der Waals surface area contributed by atoms with Crippen LogP contribution in [-0.2, 0) is 6.18 Å². The van der Waals surface area contributed by atoms with Gasteiger partial charge < -0.3 is 0 Å². The topological polar surface area (TPSA) is 50.9 Å². The number of hydrazine groups is 1. The van der Waals surface area contributed by atoms with Gasteiger partial charge in [-0.2, -0.15) is 13.2 Å². The highest BCUT2D eigenvalue weighted by atomic mass is 19.4. The van der Waals surface area contributed by atoms with Crippen LogP contribution in [0, 0.1) is 6.92 Å². The Hall–Kier alpha value is -1.92. The zero-order valence-corrected chi connectivity index (χ0v) is 10.8. The fourth-order valence-electron chi connectivity index (χ4n) is 1.99. The van der Waals surface area contributed by atoms with Gasteiger partial charge in [-0.25, -0.2) is 5.43 Å². The molecular formula is C14H14F3N3. The van der Waals surface area contributed by atoms with Crippen LogP contribution in [0.3, 0.4) is 0 Å². The molecular weight excluding hydrogens is 267 g/mol. The van der Waals surface area contributed by atoms with Crippen molar-refractivity contribution in [1.82, 2.24) is 10.4 Å². The van der Waals surface area contributed by atoms with Gasteiger partial charge in [0.25, 0.3) is 0 Å². The number of alkyl halides is 3. The van der Waals surface area contributed by atoms with Gasteiger partial charge in [0.1, 0.15) is 0 Å². The normalized spacial score (nSPS) is 13.2. The van der Waals surface area contributed by atoms with E-state index in [1.807, 2.05) is 31.2 Å². The second-order valence-electron chi connectivity index (χ2n) is 4.43. The van der Waals surface area contributed by atoms with E-state index in [1.54, 1.807) is 0 Å². The van der Waals surface area contributed by atoms with Crippen molar-refractivity contribution in [2.75, 3.05) is 0 Å². The van der Waals surface area contributed by atoms with Crippen molar-refractivity contribution >= 4 is 0 Å². The van der Waals surface area contributed by atoms with Crippen LogP contribution in [-0.4, -0.2) is 4.98 Å². The molecule has 106 valence electrons. The molecule has 0 radical (unpaired) electrons. The Morgan fingerprint density at radius 2 is 1.85 bits per heavy atom. The minimum absolute atomic E-state index is 0.440. The molecule has 0 bridgehead atoms. The summed E-state index contributed by atoms with van der Waals surface area (Å²) in [5, 5.41) is 0. The van der Waals surface area contributed by atoms with Crippen LogP contribution in [0.15, 0.2) is 42.6 Å². The van der Waals surface area contributed by atoms with E-state index in [-0.39, 0.29) is 0 Å². The van der Waals surface area contributed by atoms with Crippen molar-refractivity contribution in [1.29, 1.82) is 0 Å². The highest BCUT2D eigenvalue weighted by Gasteiger charge is 2.31. The number of aryl methyl sites for hydroxylation is 1. The van der Waals surface area contributed by atoms with Gasteiger partial charge in [-0.15, -0.1) is 0 Å². The van der Waals surface area contributed by atoms with Gasteiger partial charge in [0.15, 0.2) is 0 Å². The molecule has 1 heterocycles. The average molecular weight is 281 g/mol. The molecule has 0 aliphatic rings. The van der Waals surface area contributed by atoms with Crippen LogP contribution < -0.4 is 11.3 Å². The first-order valence-corrected chi connectivity index (χ1v) is 5.98. The lowest BCUT2D eigenvalue weighted by molar-refractivity contribution is -0.137. The lowest BCUT2D eigenvalue weighted by Crippen LogP contribution is -2.30. The SMILES string of the molecule is Cc1ccccc1C(NN)c1ccc(C(F)(F)F)cn1. The summed E-state index contributed by atoms with van der Waals surface area (Å²) in [4.78, 5) is 3.87. The van der Waals surface area contributed by atoms with E-state index in [0.29, 0.717) is 5.69 Å². The molecule has 6 heteroatoms. The highest BCUT2D eigenvalue weighted by Crippen LogP contribution is 2.30. The van der Waals surface area contributed by atoms with E-state index in [2.05, 4.69) is 10.4 Å². The maximum absolute atomic E-state index is 12.5. The molecule has 0 aliphatic carbocycles. The molecule has 1 aromatic carbocycles. The standard InChI is InChI=1S/C14H14F3N3/c1-9-4-2-3-5-11(9)13(20-18)12-7-6-10(8-19-12)14(15,16)17/h2-8,13,20H,18H2,1H3. The molecule has 0 spiro atoms. The molecule has 3 nitrogen and oxygen atoms in total. The van der Waals surface area contributed by atoms with Gasteiger partial charge in [-0.1, -0.05) is 24.3 Å². The third kappa shape index (κ3) is 2.97. The van der Waals surface area contributed by atoms with E-state index in [1.165, 1.54) is 6.07 Å². The summed E-state index contributed by atoms with van der Waals surface area (Å²) in [5.41, 5.74) is 4.11. The number of nitrogens with zero attached hydrogens (tertiary/aromatic N) is 1. The maximum atomic E-state index is 12.5. The van der Waals surface area contributed by atoms with Crippen LogP contribution in [0.2, 0.25) is 0 Å². The largest absolute Gasteiger partial charge is 0.417 e. The molecule has 0 saturated carbocycles. The lowest BCUT2D eigenvalue weighted by atomic mass is 9.98. The van der Waals surface area contributed by atoms with Gasteiger partial charge in [-0.3, -0.25) is 10.8 Å². The number of hydrogen-bond acceptors (Lipinski definition) is 3. The van der Waals surface area contributed by atoms with Crippen molar-refractivity contribution in [3.05, 3.63) is 65.0 Å². The zero-order chi connectivity index (χ0) is 14.8. The second-order valence-corrected chi connectivity index (χ2v) is 4.43. The number of aromatic nitrogens is 1. The molecule has 0 saturated heterocycles. The highest BCUT2D eigenvalue weighted by molar-refractivity contribution is 5.34. The summed E-state index contributed by atoms with van der Waals surface area (Å²) in [6.07, 6.45) is -3.57. The summed E-state index contributed by atoms with van der Waals surface area (Å²) in [6.45, 7) is 1.91. The quantitative estimate of drug-likeness (QED) is 0.671. The summed E-state index contributed by atoms with van der Waals surface area (Å²) in [7, 11) is 0. The molecule has 1 atom stereocenters. The lowest BCUT2D eigenvalue weighted by Gasteiger charge is -2.18. The van der Waals surface area contributed by atoms with Crippen LogP contribution in [0.5, 0.6) is 0 Å². The average Bonchev–Trinajstić information content (AvgIpc) is 2.41. The van der Waals surface area contributed by atoms with Gasteiger partial charge >= 0.3 is 6.18 Å². The molecule has 1 aromatic heterocycles. The second kappa shape index (κ2) is 5.60. The van der Waals surface area contributed by atoms with Crippen molar-refractivity contribution in [2.45, 2.75) is 19.1 Å². The molecule has 20 heavy (non-hydrogen) atoms. The van der Waals surface area contributed by atoms with Crippen LogP contribution in [0.4, 0.5) is 13.2 Å². The summed E-state index contributed by atoms with van der Waals surface area (Å²) in [5.74, 6) is 5.52. The summed E-state index contributed by atoms with van der Waals surface area (Å²) in [6, 6.07) is 9.38. The summed E-state index contributed by atoms with van der Waals surface area (Å²) >= 11 is 0. The maximum Gasteiger partial charge on any atom is 0.417 e. The fraction of sp³-hybridized carbons (Fsp3) is 0.214. The Kier molecular flexibility index (Phi) is 4.06. The zero-order valence-electron chi connectivity index (χ0n) is 10.8. The van der Waals surface area contributed by atoms with E-state index in [0.717, 1.165) is 23.4 Å². The Bertz CT molecular complexity index is 579. The number of pyridine rings is 1. The molecule has 2 rings (SSSR count). The molecule has 3 N–H and O–H groups in total. The minimum atomic E-state index is -4.39. The first kappa shape index (κ1) is 14.5. The Labute approximate surface area is 114 Å². The van der Waals surface area contributed by atoms with Crippen molar-refractivity contribution in [3.8, 4) is 0 Å². The number of benzene rings is 1. The Morgan fingerprint density at radius 1 is 1.15 bits per heavy atom. The molecule has 0 aliphatic heterocycles. The third-order valence-corrected chi connectivity index (χ3v) is 3.08. The Morgan fingerprint density at radius 3 is 2.35 bits per heavy atom. The fourth-order valence-corrected chi connectivity index (χ4v) is 1.99. The van der Waals surface area contributed by atoms with Crippen molar-refractivity contribution in [3.63, 3.8) is 0 Å². The molecule has 0 fully saturated rings. The number of rotatable bonds is 3. The van der Waals surface area contributed by atoms with Crippen LogP contribution in [0.25, 0.3) is 0 Å². The number of hydrogen-bond donors (Lipinski definition) is 2. The Balaban J connectivity index is 2.36. The van der Waals surface area contributed by atoms with Gasteiger partial charge in [0.05, 0.1) is 17.3 Å². The van der Waals surface area contributed by atoms with E-state index in [9.17, 15) is 13.2 Å². The predicted octanol–water partition coefficient (Wildman–Crippen LogP) is 2.96. The van der Waals surface area contributed by atoms with Crippen LogP contribution >= 0.6 is 0 Å². The predicted molar refractivity (Wildman–Crippen MR) is 69.6 cm³/mol. The smallest absolute Gasteiger partial charge is 0.271 e. The molecule has 1 unspecified atom stereocenters. The van der Waals surface area contributed by atoms with E-state index >= 15 is 0 Å².